The largest absolute Gasteiger partial charge is 0.441 e. The highest BCUT2D eigenvalue weighted by Crippen LogP contribution is 2.46. The highest BCUT2D eigenvalue weighted by molar-refractivity contribution is 9.10. The van der Waals surface area contributed by atoms with Gasteiger partial charge >= 0.3 is 12.2 Å². The summed E-state index contributed by atoms with van der Waals surface area (Å²) in [5.41, 5.74) is -0.414. The molecule has 1 aliphatic heterocycles. The van der Waals surface area contributed by atoms with Crippen molar-refractivity contribution in [2.24, 2.45) is 5.92 Å². The third-order valence-corrected chi connectivity index (χ3v) is 5.09. The van der Waals surface area contributed by atoms with Crippen molar-refractivity contribution in [3.05, 3.63) is 68.5 Å². The van der Waals surface area contributed by atoms with E-state index in [-0.39, 0.29) is 28.2 Å². The Hall–Kier alpha value is -3.25. The van der Waals surface area contributed by atoms with E-state index in [0.29, 0.717) is 9.86 Å². The molecule has 2 heterocycles. The molecule has 0 bridgehead atoms. The van der Waals surface area contributed by atoms with Gasteiger partial charge in [-0.15, -0.1) is 0 Å². The summed E-state index contributed by atoms with van der Waals surface area (Å²) < 4.78 is 42.0. The molecular weight excluding hydrogens is 450 g/mol. The number of hydrogen-bond donors (Lipinski definition) is 1. The van der Waals surface area contributed by atoms with Crippen LogP contribution in [0.25, 0.3) is 11.0 Å². The van der Waals surface area contributed by atoms with Crippen LogP contribution in [0.2, 0.25) is 0 Å². The molecule has 9 heteroatoms. The minimum atomic E-state index is -3.11. The van der Waals surface area contributed by atoms with Crippen molar-refractivity contribution in [1.29, 1.82) is 10.7 Å². The second-order valence-corrected chi connectivity index (χ2v) is 7.16. The van der Waals surface area contributed by atoms with Gasteiger partial charge in [0.2, 0.25) is 5.90 Å². The first-order chi connectivity index (χ1) is 13.9. The molecule has 0 fully saturated rings. The van der Waals surface area contributed by atoms with Crippen molar-refractivity contribution >= 4 is 32.8 Å². The second kappa shape index (κ2) is 7.29. The number of ether oxygens (including phenoxy) is 2. The molecule has 146 valence electrons. The Kier molecular flexibility index (Phi) is 4.80. The average molecular weight is 461 g/mol. The van der Waals surface area contributed by atoms with E-state index in [1.54, 1.807) is 24.3 Å². The fourth-order valence-corrected chi connectivity index (χ4v) is 3.82. The summed E-state index contributed by atoms with van der Waals surface area (Å²) in [5, 5.41) is 18.3. The van der Waals surface area contributed by atoms with Crippen molar-refractivity contribution in [1.82, 2.24) is 0 Å². The fraction of sp³-hybridized carbons (Fsp3) is 0.150. The van der Waals surface area contributed by atoms with E-state index in [1.165, 1.54) is 18.2 Å². The summed E-state index contributed by atoms with van der Waals surface area (Å²) in [6, 6.07) is 12.8. The van der Waals surface area contributed by atoms with Gasteiger partial charge in [-0.3, -0.25) is 5.41 Å². The number of fused-ring (bicyclic) bond motifs is 3. The number of hydrogen-bond acceptors (Lipinski definition) is 6. The van der Waals surface area contributed by atoms with Crippen LogP contribution in [-0.2, 0) is 0 Å². The maximum Gasteiger partial charge on any atom is 0.387 e. The predicted molar refractivity (Wildman–Crippen MR) is 103 cm³/mol. The molecule has 2 atom stereocenters. The van der Waals surface area contributed by atoms with Crippen LogP contribution in [0.5, 0.6) is 11.5 Å². The molecule has 1 aromatic heterocycles. The number of nitrogens with one attached hydrogen (secondary N) is 1. The number of halogens is 3. The smallest absolute Gasteiger partial charge is 0.387 e. The van der Waals surface area contributed by atoms with Gasteiger partial charge in [-0.05, 0) is 30.3 Å². The molecule has 0 saturated heterocycles. The van der Waals surface area contributed by atoms with Crippen LogP contribution in [0.15, 0.2) is 56.1 Å². The van der Waals surface area contributed by atoms with Crippen LogP contribution in [0.1, 0.15) is 17.0 Å². The minimum absolute atomic E-state index is 0.0246. The molecule has 29 heavy (non-hydrogen) atoms. The van der Waals surface area contributed by atoms with Gasteiger partial charge < -0.3 is 13.9 Å². The summed E-state index contributed by atoms with van der Waals surface area (Å²) in [4.78, 5) is 12.8. The Morgan fingerprint density at radius 3 is 2.72 bits per heavy atom. The first-order valence-corrected chi connectivity index (χ1v) is 9.16. The number of alkyl halides is 2. The molecule has 6 nitrogen and oxygen atoms in total. The lowest BCUT2D eigenvalue weighted by Gasteiger charge is -2.30. The molecular formula is C20H11BrF2N2O4. The molecule has 2 unspecified atom stereocenters. The topological polar surface area (TPSA) is 96.3 Å². The lowest BCUT2D eigenvalue weighted by Crippen LogP contribution is -2.35. The molecule has 0 saturated carbocycles. The molecule has 0 aliphatic carbocycles. The van der Waals surface area contributed by atoms with Crippen molar-refractivity contribution in [3.63, 3.8) is 0 Å². The molecule has 1 aliphatic rings. The van der Waals surface area contributed by atoms with Gasteiger partial charge in [0.15, 0.2) is 5.75 Å². The zero-order valence-corrected chi connectivity index (χ0v) is 16.1. The van der Waals surface area contributed by atoms with Gasteiger partial charge in [-0.2, -0.15) is 14.0 Å². The SMILES string of the molecule is N#CC1C(=N)Oc2c(c(=O)oc3ccccc23)C1c1cc(Br)ccc1OC(F)F. The van der Waals surface area contributed by atoms with Crippen LogP contribution in [0, 0.1) is 22.7 Å². The monoisotopic (exact) mass is 460 g/mol. The standard InChI is InChI=1S/C20H11BrF2N2O4/c21-9-5-6-14(28-20(22)23)11(7-9)15-12(8-24)18(25)29-17-10-3-1-2-4-13(10)27-19(26)16(15)17/h1-7,12,15,20,25H. The van der Waals surface area contributed by atoms with Gasteiger partial charge in [-0.25, -0.2) is 4.79 Å². The van der Waals surface area contributed by atoms with Crippen molar-refractivity contribution in [3.8, 4) is 17.6 Å². The number of nitrogens with zero attached hydrogens (tertiary/aromatic N) is 1. The summed E-state index contributed by atoms with van der Waals surface area (Å²) in [5.74, 6) is -2.86. The molecule has 4 rings (SSSR count). The summed E-state index contributed by atoms with van der Waals surface area (Å²) in [6.45, 7) is -3.11. The van der Waals surface area contributed by atoms with Crippen molar-refractivity contribution < 1.29 is 22.7 Å². The number of nitriles is 1. The van der Waals surface area contributed by atoms with Crippen molar-refractivity contribution in [2.45, 2.75) is 12.5 Å². The van der Waals surface area contributed by atoms with E-state index < -0.39 is 30.0 Å². The van der Waals surface area contributed by atoms with E-state index >= 15 is 0 Å². The highest BCUT2D eigenvalue weighted by Gasteiger charge is 2.42. The van der Waals surface area contributed by atoms with Gasteiger partial charge in [0.25, 0.3) is 0 Å². The number of rotatable bonds is 3. The van der Waals surface area contributed by atoms with E-state index in [0.717, 1.165) is 0 Å². The van der Waals surface area contributed by atoms with Gasteiger partial charge in [0.05, 0.1) is 17.0 Å². The molecule has 0 radical (unpaired) electrons. The number of para-hydroxylation sites is 1. The van der Waals surface area contributed by atoms with Crippen LogP contribution in [0.3, 0.4) is 0 Å². The Labute approximate surface area is 170 Å². The Bertz CT molecular complexity index is 1240. The first-order valence-electron chi connectivity index (χ1n) is 8.36. The Balaban J connectivity index is 2.06. The van der Waals surface area contributed by atoms with E-state index in [9.17, 15) is 18.8 Å². The van der Waals surface area contributed by atoms with Crippen molar-refractivity contribution in [2.75, 3.05) is 0 Å². The predicted octanol–water partition coefficient (Wildman–Crippen LogP) is 4.80. The van der Waals surface area contributed by atoms with E-state index in [1.807, 2.05) is 6.07 Å². The lowest BCUT2D eigenvalue weighted by atomic mass is 9.79. The molecule has 2 aromatic carbocycles. The quantitative estimate of drug-likeness (QED) is 0.566. The van der Waals surface area contributed by atoms with E-state index in [4.69, 9.17) is 14.6 Å². The van der Waals surface area contributed by atoms with Gasteiger partial charge in [0.1, 0.15) is 17.3 Å². The van der Waals surface area contributed by atoms with Gasteiger partial charge in [-0.1, -0.05) is 28.1 Å². The van der Waals surface area contributed by atoms with Crippen LogP contribution in [-0.4, -0.2) is 12.5 Å². The van der Waals surface area contributed by atoms with Crippen LogP contribution in [0.4, 0.5) is 8.78 Å². The van der Waals surface area contributed by atoms with Crippen LogP contribution < -0.4 is 15.1 Å². The minimum Gasteiger partial charge on any atom is -0.441 e. The van der Waals surface area contributed by atoms with E-state index in [2.05, 4.69) is 20.7 Å². The maximum atomic E-state index is 13.0. The van der Waals surface area contributed by atoms with Crippen LogP contribution >= 0.6 is 15.9 Å². The van der Waals surface area contributed by atoms with Gasteiger partial charge in [0, 0.05) is 16.0 Å². The zero-order valence-electron chi connectivity index (χ0n) is 14.5. The summed E-state index contributed by atoms with van der Waals surface area (Å²) in [6.07, 6.45) is 0. The highest BCUT2D eigenvalue weighted by atomic mass is 79.9. The lowest BCUT2D eigenvalue weighted by molar-refractivity contribution is -0.0506. The fourth-order valence-electron chi connectivity index (χ4n) is 3.44. The summed E-state index contributed by atoms with van der Waals surface area (Å²) >= 11 is 3.27. The third-order valence-electron chi connectivity index (χ3n) is 4.60. The summed E-state index contributed by atoms with van der Waals surface area (Å²) in [7, 11) is 0. The normalized spacial score (nSPS) is 18.2. The second-order valence-electron chi connectivity index (χ2n) is 6.24. The number of benzene rings is 2. The molecule has 1 N–H and O–H groups in total. The molecule has 3 aromatic rings. The Morgan fingerprint density at radius 2 is 2.00 bits per heavy atom. The third kappa shape index (κ3) is 3.25. The maximum absolute atomic E-state index is 13.0. The molecule has 0 amide bonds. The Morgan fingerprint density at radius 1 is 1.24 bits per heavy atom. The zero-order chi connectivity index (χ0) is 20.7. The first kappa shape index (κ1) is 19.1. The molecule has 0 spiro atoms. The average Bonchev–Trinajstić information content (AvgIpc) is 2.68.